The fraction of sp³-hybridized carbons (Fsp3) is 0.704. The maximum atomic E-state index is 13.2. The summed E-state index contributed by atoms with van der Waals surface area (Å²) in [5, 5.41) is -0.0102. The highest BCUT2D eigenvalue weighted by molar-refractivity contribution is 7.86. The number of aryl methyl sites for hydroxylation is 1. The van der Waals surface area contributed by atoms with Crippen molar-refractivity contribution in [3.05, 3.63) is 29.8 Å². The minimum absolute atomic E-state index is 0.0102. The van der Waals surface area contributed by atoms with Crippen LogP contribution in [0, 0.1) is 12.8 Å². The third-order valence-electron chi connectivity index (χ3n) is 7.61. The largest absolute Gasteiger partial charge is 0.416 e. The predicted molar refractivity (Wildman–Crippen MR) is 143 cm³/mol. The Morgan fingerprint density at radius 1 is 1.11 bits per heavy atom. The molecule has 36 heavy (non-hydrogen) atoms. The summed E-state index contributed by atoms with van der Waals surface area (Å²) in [4.78, 5) is 25.5. The average Bonchev–Trinajstić information content (AvgIpc) is 2.75. The first-order chi connectivity index (χ1) is 16.3. The number of hydrogen-bond donors (Lipinski definition) is 0. The van der Waals surface area contributed by atoms with Crippen molar-refractivity contribution in [3.8, 4) is 0 Å². The maximum Gasteiger partial charge on any atom is 0.296 e. The van der Waals surface area contributed by atoms with Crippen molar-refractivity contribution in [3.63, 3.8) is 0 Å². The highest BCUT2D eigenvalue weighted by atomic mass is 32.2. The van der Waals surface area contributed by atoms with Crippen LogP contribution >= 0.6 is 0 Å². The van der Waals surface area contributed by atoms with E-state index in [1.807, 2.05) is 6.92 Å². The van der Waals surface area contributed by atoms with E-state index in [9.17, 15) is 18.0 Å². The Hall–Kier alpha value is -1.39. The number of ether oxygens (including phenoxy) is 1. The molecule has 0 bridgehead atoms. The summed E-state index contributed by atoms with van der Waals surface area (Å²) in [6.45, 7) is 17.9. The highest BCUT2D eigenvalue weighted by Crippen LogP contribution is 2.38. The molecule has 0 N–H and O–H groups in total. The molecule has 0 amide bonds. The van der Waals surface area contributed by atoms with E-state index >= 15 is 0 Å². The SMILES string of the molecule is Cc1ccc(S(=O)(=O)OC[C@@H](CCC(=O)[C@]2(C)CCC(=O)C(C)(C)O2)CO[Si](C)(C)C(C)(C)C)cc1. The molecular formula is C27H44O7SSi. The summed E-state index contributed by atoms with van der Waals surface area (Å²) in [6, 6.07) is 6.51. The molecule has 204 valence electrons. The zero-order valence-electron chi connectivity index (χ0n) is 23.4. The van der Waals surface area contributed by atoms with Gasteiger partial charge in [-0.3, -0.25) is 13.8 Å². The molecule has 0 aromatic heterocycles. The lowest BCUT2D eigenvalue weighted by Gasteiger charge is -2.41. The number of rotatable bonds is 11. The number of benzene rings is 1. The first kappa shape index (κ1) is 30.8. The monoisotopic (exact) mass is 540 g/mol. The van der Waals surface area contributed by atoms with E-state index in [0.717, 1.165) is 5.56 Å². The standard InChI is InChI=1S/C27H44O7SSi/c1-20-10-13-22(14-11-20)35(30,31)32-18-21(19-33-36(8,9)25(2,3)4)12-15-24(29)27(7)17-16-23(28)26(5,6)34-27/h10-11,13-14,21H,12,15-19H2,1-9H3/t21-,27+/m1/s1. The topological polar surface area (TPSA) is 96.0 Å². The summed E-state index contributed by atoms with van der Waals surface area (Å²) in [5.74, 6) is -0.407. The lowest BCUT2D eigenvalue weighted by Crippen LogP contribution is -2.53. The van der Waals surface area contributed by atoms with E-state index in [0.29, 0.717) is 25.9 Å². The van der Waals surface area contributed by atoms with Crippen LogP contribution in [0.5, 0.6) is 0 Å². The summed E-state index contributed by atoms with van der Waals surface area (Å²) in [6.07, 6.45) is 1.22. The normalized spacial score (nSPS) is 21.9. The van der Waals surface area contributed by atoms with E-state index in [-0.39, 0.29) is 40.4 Å². The van der Waals surface area contributed by atoms with Gasteiger partial charge in [0.05, 0.1) is 11.5 Å². The summed E-state index contributed by atoms with van der Waals surface area (Å²) < 4.78 is 43.3. The van der Waals surface area contributed by atoms with E-state index in [4.69, 9.17) is 13.3 Å². The van der Waals surface area contributed by atoms with Crippen molar-refractivity contribution in [2.24, 2.45) is 5.92 Å². The van der Waals surface area contributed by atoms with E-state index in [2.05, 4.69) is 33.9 Å². The van der Waals surface area contributed by atoms with Gasteiger partial charge in [-0.15, -0.1) is 0 Å². The van der Waals surface area contributed by atoms with Gasteiger partial charge in [-0.2, -0.15) is 8.42 Å². The molecule has 0 radical (unpaired) electrons. The van der Waals surface area contributed by atoms with Crippen LogP contribution in [0.1, 0.15) is 72.8 Å². The molecule has 0 aliphatic carbocycles. The molecule has 1 aliphatic heterocycles. The van der Waals surface area contributed by atoms with Gasteiger partial charge in [0.2, 0.25) is 0 Å². The number of carbonyl (C=O) groups excluding carboxylic acids is 2. The second-order valence-electron chi connectivity index (χ2n) is 12.2. The average molecular weight is 541 g/mol. The second-order valence-corrected chi connectivity index (χ2v) is 18.6. The second kappa shape index (κ2) is 11.2. The van der Waals surface area contributed by atoms with Gasteiger partial charge in [0, 0.05) is 25.4 Å². The molecule has 1 aromatic rings. The number of ketones is 2. The Kier molecular flexibility index (Phi) is 9.55. The first-order valence-corrected chi connectivity index (χ1v) is 17.0. The molecule has 1 heterocycles. The van der Waals surface area contributed by atoms with Crippen molar-refractivity contribution in [1.82, 2.24) is 0 Å². The lowest BCUT2D eigenvalue weighted by molar-refractivity contribution is -0.185. The van der Waals surface area contributed by atoms with Crippen LogP contribution < -0.4 is 0 Å². The van der Waals surface area contributed by atoms with Crippen LogP contribution in [0.3, 0.4) is 0 Å². The van der Waals surface area contributed by atoms with Crippen molar-refractivity contribution >= 4 is 30.0 Å². The van der Waals surface area contributed by atoms with Gasteiger partial charge in [0.15, 0.2) is 19.9 Å². The van der Waals surface area contributed by atoms with Gasteiger partial charge in [-0.05, 0) is 70.8 Å². The number of Topliss-reactive ketones (excluding diaryl/α,β-unsaturated/α-hetero) is 2. The summed E-state index contributed by atoms with van der Waals surface area (Å²) >= 11 is 0. The molecule has 1 aromatic carbocycles. The summed E-state index contributed by atoms with van der Waals surface area (Å²) in [5.41, 5.74) is -1.09. The molecule has 1 fully saturated rings. The minimum atomic E-state index is -3.94. The van der Waals surface area contributed by atoms with E-state index < -0.39 is 29.6 Å². The minimum Gasteiger partial charge on any atom is -0.416 e. The fourth-order valence-electron chi connectivity index (χ4n) is 3.84. The molecule has 7 nitrogen and oxygen atoms in total. The fourth-order valence-corrected chi connectivity index (χ4v) is 5.90. The van der Waals surface area contributed by atoms with Gasteiger partial charge in [-0.25, -0.2) is 0 Å². The number of hydrogen-bond acceptors (Lipinski definition) is 7. The van der Waals surface area contributed by atoms with Gasteiger partial charge in [0.1, 0.15) is 11.2 Å². The maximum absolute atomic E-state index is 13.2. The van der Waals surface area contributed by atoms with Crippen LogP contribution in [-0.4, -0.2) is 52.7 Å². The molecule has 0 spiro atoms. The molecule has 1 aliphatic rings. The van der Waals surface area contributed by atoms with Gasteiger partial charge in [-0.1, -0.05) is 38.5 Å². The van der Waals surface area contributed by atoms with Gasteiger partial charge in [0.25, 0.3) is 10.1 Å². The summed E-state index contributed by atoms with van der Waals surface area (Å²) in [7, 11) is -6.03. The smallest absolute Gasteiger partial charge is 0.296 e. The Morgan fingerprint density at radius 3 is 2.22 bits per heavy atom. The first-order valence-electron chi connectivity index (χ1n) is 12.7. The van der Waals surface area contributed by atoms with Crippen LogP contribution in [0.2, 0.25) is 18.1 Å². The predicted octanol–water partition coefficient (Wildman–Crippen LogP) is 5.60. The molecule has 2 rings (SSSR count). The zero-order chi connectivity index (χ0) is 27.6. The Balaban J connectivity index is 2.13. The van der Waals surface area contributed by atoms with Gasteiger partial charge < -0.3 is 9.16 Å². The van der Waals surface area contributed by atoms with Crippen LogP contribution in [-0.2, 0) is 33.1 Å². The molecule has 0 unspecified atom stereocenters. The molecule has 2 atom stereocenters. The Morgan fingerprint density at radius 2 is 1.69 bits per heavy atom. The third kappa shape index (κ3) is 7.80. The van der Waals surface area contributed by atoms with Crippen molar-refractivity contribution in [2.45, 2.75) is 108 Å². The van der Waals surface area contributed by atoms with Crippen molar-refractivity contribution in [1.29, 1.82) is 0 Å². The molecule has 1 saturated heterocycles. The molecular weight excluding hydrogens is 496 g/mol. The van der Waals surface area contributed by atoms with Crippen LogP contribution in [0.15, 0.2) is 29.2 Å². The van der Waals surface area contributed by atoms with E-state index in [1.165, 1.54) is 12.1 Å². The Bertz CT molecular complexity index is 1040. The number of carbonyl (C=O) groups is 2. The third-order valence-corrected chi connectivity index (χ3v) is 13.4. The van der Waals surface area contributed by atoms with Crippen molar-refractivity contribution in [2.75, 3.05) is 13.2 Å². The van der Waals surface area contributed by atoms with Crippen LogP contribution in [0.25, 0.3) is 0 Å². The van der Waals surface area contributed by atoms with Crippen molar-refractivity contribution < 1.29 is 31.4 Å². The lowest BCUT2D eigenvalue weighted by atomic mass is 9.82. The van der Waals surface area contributed by atoms with Gasteiger partial charge >= 0.3 is 0 Å². The molecule has 0 saturated carbocycles. The Labute approximate surface area is 218 Å². The highest BCUT2D eigenvalue weighted by Gasteiger charge is 2.46. The van der Waals surface area contributed by atoms with Crippen LogP contribution in [0.4, 0.5) is 0 Å². The van der Waals surface area contributed by atoms with E-state index in [1.54, 1.807) is 32.9 Å². The zero-order valence-corrected chi connectivity index (χ0v) is 25.2. The quantitative estimate of drug-likeness (QED) is 0.266. The molecule has 9 heteroatoms.